The monoisotopic (exact) mass is 371 g/mol. The quantitative estimate of drug-likeness (QED) is 0.433. The Morgan fingerprint density at radius 2 is 1.68 bits per heavy atom. The Labute approximate surface area is 149 Å². The molecule has 0 saturated heterocycles. The Morgan fingerprint density at radius 3 is 2.32 bits per heavy atom. The van der Waals surface area contributed by atoms with Gasteiger partial charge in [-0.15, -0.1) is 0 Å². The summed E-state index contributed by atoms with van der Waals surface area (Å²) in [5.74, 6) is 0. The van der Waals surface area contributed by atoms with Crippen molar-refractivity contribution in [2.75, 3.05) is 5.32 Å². The Hall–Kier alpha value is -1.33. The van der Waals surface area contributed by atoms with Crippen LogP contribution in [0, 0.1) is 0 Å². The summed E-state index contributed by atoms with van der Waals surface area (Å²) in [6, 6.07) is 12.5. The van der Waals surface area contributed by atoms with Crippen molar-refractivity contribution in [1.29, 1.82) is 0 Å². The van der Waals surface area contributed by atoms with E-state index in [2.05, 4.69) is 15.8 Å². The lowest BCUT2D eigenvalue weighted by atomic mass is 10.1. The van der Waals surface area contributed by atoms with Crippen LogP contribution in [0.4, 0.5) is 5.69 Å². The first kappa shape index (κ1) is 17.0. The van der Waals surface area contributed by atoms with Crippen LogP contribution in [-0.4, -0.2) is 10.8 Å². The van der Waals surface area contributed by atoms with Gasteiger partial charge in [-0.3, -0.25) is 5.43 Å². The lowest BCUT2D eigenvalue weighted by Gasteiger charge is -2.08. The molecule has 0 saturated carbocycles. The number of anilines is 1. The molecule has 0 spiro atoms. The summed E-state index contributed by atoms with van der Waals surface area (Å²) >= 11 is 22.9. The third-order valence-electron chi connectivity index (χ3n) is 2.76. The summed E-state index contributed by atoms with van der Waals surface area (Å²) in [7, 11) is 0. The maximum absolute atomic E-state index is 5.98. The molecule has 0 amide bonds. The van der Waals surface area contributed by atoms with Crippen LogP contribution in [0.1, 0.15) is 12.5 Å². The van der Waals surface area contributed by atoms with E-state index < -0.39 is 0 Å². The molecule has 114 valence electrons. The first-order valence-electron chi connectivity index (χ1n) is 6.28. The van der Waals surface area contributed by atoms with Crippen molar-refractivity contribution in [3.8, 4) is 0 Å². The van der Waals surface area contributed by atoms with E-state index in [4.69, 9.17) is 47.0 Å². The fourth-order valence-electron chi connectivity index (χ4n) is 1.61. The summed E-state index contributed by atoms with van der Waals surface area (Å²) in [5, 5.41) is 9.25. The molecule has 2 N–H and O–H groups in total. The minimum absolute atomic E-state index is 0.377. The Bertz CT molecular complexity index is 714. The number of rotatable bonds is 3. The van der Waals surface area contributed by atoms with Gasteiger partial charge in [-0.05, 0) is 61.1 Å². The average Bonchev–Trinajstić information content (AvgIpc) is 2.50. The van der Waals surface area contributed by atoms with Gasteiger partial charge >= 0.3 is 0 Å². The van der Waals surface area contributed by atoms with E-state index >= 15 is 0 Å². The molecule has 0 bridgehead atoms. The van der Waals surface area contributed by atoms with Crippen LogP contribution in [0.25, 0.3) is 0 Å². The highest BCUT2D eigenvalue weighted by Gasteiger charge is 2.03. The highest BCUT2D eigenvalue weighted by molar-refractivity contribution is 7.80. The van der Waals surface area contributed by atoms with Crippen LogP contribution in [0.2, 0.25) is 15.1 Å². The van der Waals surface area contributed by atoms with E-state index in [0.717, 1.165) is 17.0 Å². The zero-order valence-corrected chi connectivity index (χ0v) is 14.6. The third-order valence-corrected chi connectivity index (χ3v) is 3.95. The van der Waals surface area contributed by atoms with Gasteiger partial charge in [0.2, 0.25) is 0 Å². The molecule has 0 aliphatic rings. The Morgan fingerprint density at radius 1 is 1.00 bits per heavy atom. The molecule has 0 radical (unpaired) electrons. The number of benzene rings is 2. The number of nitrogens with zero attached hydrogens (tertiary/aromatic N) is 1. The number of hydrazone groups is 1. The van der Waals surface area contributed by atoms with E-state index in [0.29, 0.717) is 20.2 Å². The van der Waals surface area contributed by atoms with Gasteiger partial charge in [0, 0.05) is 10.7 Å². The predicted molar refractivity (Wildman–Crippen MR) is 99.5 cm³/mol. The first-order chi connectivity index (χ1) is 10.5. The largest absolute Gasteiger partial charge is 0.331 e. The fourth-order valence-corrected chi connectivity index (χ4v) is 2.20. The second-order valence-electron chi connectivity index (χ2n) is 4.40. The van der Waals surface area contributed by atoms with Crippen LogP contribution >= 0.6 is 47.0 Å². The maximum Gasteiger partial charge on any atom is 0.191 e. The number of hydrogen-bond acceptors (Lipinski definition) is 2. The van der Waals surface area contributed by atoms with E-state index in [9.17, 15) is 0 Å². The lowest BCUT2D eigenvalue weighted by molar-refractivity contribution is 1.04. The Balaban J connectivity index is 1.99. The minimum Gasteiger partial charge on any atom is -0.331 e. The molecule has 0 heterocycles. The van der Waals surface area contributed by atoms with Crippen LogP contribution in [0.5, 0.6) is 0 Å². The minimum atomic E-state index is 0.377. The van der Waals surface area contributed by atoms with Crippen molar-refractivity contribution < 1.29 is 0 Å². The van der Waals surface area contributed by atoms with Crippen LogP contribution in [0.3, 0.4) is 0 Å². The van der Waals surface area contributed by atoms with E-state index in [1.807, 2.05) is 25.1 Å². The fraction of sp³-hybridized carbons (Fsp3) is 0.0667. The molecule has 2 aromatic carbocycles. The molecule has 0 aliphatic heterocycles. The second-order valence-corrected chi connectivity index (χ2v) is 6.06. The predicted octanol–water partition coefficient (Wildman–Crippen LogP) is 5.36. The molecule has 3 nitrogen and oxygen atoms in total. The van der Waals surface area contributed by atoms with E-state index in [-0.39, 0.29) is 0 Å². The second kappa shape index (κ2) is 7.79. The molecule has 2 rings (SSSR count). The number of hydrogen-bond donors (Lipinski definition) is 2. The van der Waals surface area contributed by atoms with Crippen molar-refractivity contribution in [1.82, 2.24) is 5.43 Å². The van der Waals surface area contributed by atoms with Gasteiger partial charge in [-0.25, -0.2) is 0 Å². The summed E-state index contributed by atoms with van der Waals surface area (Å²) in [4.78, 5) is 0. The number of nitrogens with one attached hydrogen (secondary N) is 2. The molecule has 7 heteroatoms. The van der Waals surface area contributed by atoms with Crippen molar-refractivity contribution >= 4 is 63.5 Å². The van der Waals surface area contributed by atoms with Crippen LogP contribution < -0.4 is 10.7 Å². The molecule has 0 atom stereocenters. The van der Waals surface area contributed by atoms with Crippen LogP contribution in [0.15, 0.2) is 47.6 Å². The molecule has 0 fully saturated rings. The Kier molecular flexibility index (Phi) is 6.03. The third kappa shape index (κ3) is 4.85. The van der Waals surface area contributed by atoms with Crippen LogP contribution in [-0.2, 0) is 0 Å². The van der Waals surface area contributed by atoms with Gasteiger partial charge in [0.25, 0.3) is 0 Å². The van der Waals surface area contributed by atoms with Crippen molar-refractivity contribution in [2.45, 2.75) is 6.92 Å². The summed E-state index contributed by atoms with van der Waals surface area (Å²) in [6.07, 6.45) is 0. The highest BCUT2D eigenvalue weighted by atomic mass is 35.5. The molecule has 0 aliphatic carbocycles. The normalized spacial score (nSPS) is 11.2. The molecule has 22 heavy (non-hydrogen) atoms. The van der Waals surface area contributed by atoms with Crippen molar-refractivity contribution in [3.63, 3.8) is 0 Å². The topological polar surface area (TPSA) is 36.4 Å². The van der Waals surface area contributed by atoms with Gasteiger partial charge in [-0.2, -0.15) is 5.10 Å². The summed E-state index contributed by atoms with van der Waals surface area (Å²) in [5.41, 5.74) is 5.19. The SMILES string of the molecule is C/C(=N\NC(=S)Nc1ccc(Cl)cc1)c1ccc(Cl)c(Cl)c1. The summed E-state index contributed by atoms with van der Waals surface area (Å²) in [6.45, 7) is 1.84. The smallest absolute Gasteiger partial charge is 0.191 e. The molecule has 0 unspecified atom stereocenters. The molecule has 2 aromatic rings. The number of thiocarbonyl (C=S) groups is 1. The average molecular weight is 373 g/mol. The van der Waals surface area contributed by atoms with Gasteiger partial charge in [0.15, 0.2) is 5.11 Å². The van der Waals surface area contributed by atoms with Crippen molar-refractivity contribution in [2.24, 2.45) is 5.10 Å². The van der Waals surface area contributed by atoms with Gasteiger partial charge < -0.3 is 5.32 Å². The number of halogens is 3. The molecular weight excluding hydrogens is 361 g/mol. The lowest BCUT2D eigenvalue weighted by Crippen LogP contribution is -2.24. The van der Waals surface area contributed by atoms with E-state index in [1.54, 1.807) is 24.3 Å². The maximum atomic E-state index is 5.98. The van der Waals surface area contributed by atoms with Gasteiger partial charge in [0.05, 0.1) is 15.8 Å². The van der Waals surface area contributed by atoms with Crippen molar-refractivity contribution in [3.05, 3.63) is 63.1 Å². The first-order valence-corrected chi connectivity index (χ1v) is 7.82. The zero-order chi connectivity index (χ0) is 16.1. The van der Waals surface area contributed by atoms with E-state index in [1.165, 1.54) is 0 Å². The molecule has 0 aromatic heterocycles. The summed E-state index contributed by atoms with van der Waals surface area (Å²) < 4.78 is 0. The highest BCUT2D eigenvalue weighted by Crippen LogP contribution is 2.22. The zero-order valence-electron chi connectivity index (χ0n) is 11.5. The van der Waals surface area contributed by atoms with Gasteiger partial charge in [-0.1, -0.05) is 40.9 Å². The standard InChI is InChI=1S/C15H12Cl3N3S/c1-9(10-2-7-13(17)14(18)8-10)20-21-15(22)19-12-5-3-11(16)4-6-12/h2-8H,1H3,(H2,19,21,22)/b20-9+. The van der Waals surface area contributed by atoms with Gasteiger partial charge in [0.1, 0.15) is 0 Å². The molecular formula is C15H12Cl3N3S.